The molecular formula is C20H28N4O. The molecule has 2 aliphatic heterocycles. The first-order chi connectivity index (χ1) is 12.1. The van der Waals surface area contributed by atoms with Gasteiger partial charge in [-0.15, -0.1) is 0 Å². The number of benzene rings is 1. The third-order valence-electron chi connectivity index (χ3n) is 5.69. The SMILES string of the molecule is Cc1cc(C)c2[nH]c(CN3CCN([C@@H]4CCNC4)CC3)cc(=O)c2c1. The van der Waals surface area contributed by atoms with Crippen molar-refractivity contribution in [3.05, 3.63) is 45.2 Å². The van der Waals surface area contributed by atoms with Gasteiger partial charge in [0.2, 0.25) is 0 Å². The van der Waals surface area contributed by atoms with E-state index in [1.165, 1.54) is 6.42 Å². The Morgan fingerprint density at radius 2 is 1.92 bits per heavy atom. The quantitative estimate of drug-likeness (QED) is 0.892. The van der Waals surface area contributed by atoms with E-state index < -0.39 is 0 Å². The van der Waals surface area contributed by atoms with Crippen LogP contribution >= 0.6 is 0 Å². The van der Waals surface area contributed by atoms with Gasteiger partial charge in [-0.1, -0.05) is 6.07 Å². The van der Waals surface area contributed by atoms with Crippen LogP contribution in [-0.2, 0) is 6.54 Å². The van der Waals surface area contributed by atoms with Crippen molar-refractivity contribution in [2.24, 2.45) is 0 Å². The summed E-state index contributed by atoms with van der Waals surface area (Å²) in [5.41, 5.74) is 4.43. The molecule has 2 saturated heterocycles. The molecule has 25 heavy (non-hydrogen) atoms. The summed E-state index contributed by atoms with van der Waals surface area (Å²) in [6.45, 7) is 11.6. The van der Waals surface area contributed by atoms with Crippen LogP contribution in [0.15, 0.2) is 23.0 Å². The number of hydrogen-bond donors (Lipinski definition) is 2. The number of nitrogens with one attached hydrogen (secondary N) is 2. The van der Waals surface area contributed by atoms with Gasteiger partial charge in [-0.25, -0.2) is 0 Å². The van der Waals surface area contributed by atoms with Crippen LogP contribution in [0.2, 0.25) is 0 Å². The van der Waals surface area contributed by atoms with Crippen LogP contribution in [0.1, 0.15) is 23.2 Å². The van der Waals surface area contributed by atoms with Gasteiger partial charge in [-0.2, -0.15) is 0 Å². The van der Waals surface area contributed by atoms with Gasteiger partial charge in [-0.05, 0) is 44.0 Å². The van der Waals surface area contributed by atoms with Crippen molar-refractivity contribution in [2.75, 3.05) is 39.3 Å². The number of rotatable bonds is 3. The Labute approximate surface area is 149 Å². The molecule has 0 bridgehead atoms. The van der Waals surface area contributed by atoms with Crippen molar-refractivity contribution in [2.45, 2.75) is 32.9 Å². The molecule has 0 amide bonds. The van der Waals surface area contributed by atoms with E-state index >= 15 is 0 Å². The monoisotopic (exact) mass is 340 g/mol. The summed E-state index contributed by atoms with van der Waals surface area (Å²) in [4.78, 5) is 21.1. The standard InChI is InChI=1S/C20H28N4O/c1-14-9-15(2)20-18(10-14)19(25)11-16(22-20)13-23-5-7-24(8-6-23)17-3-4-21-12-17/h9-11,17,21H,3-8,12-13H2,1-2H3,(H,22,25)/t17-/m1/s1. The number of nitrogens with zero attached hydrogens (tertiary/aromatic N) is 2. The van der Waals surface area contributed by atoms with Crippen LogP contribution in [0, 0.1) is 13.8 Å². The van der Waals surface area contributed by atoms with Crippen molar-refractivity contribution in [1.29, 1.82) is 0 Å². The molecule has 2 aliphatic rings. The fourth-order valence-electron chi connectivity index (χ4n) is 4.32. The maximum atomic E-state index is 12.5. The Hall–Kier alpha value is -1.69. The number of piperazine rings is 1. The van der Waals surface area contributed by atoms with Crippen molar-refractivity contribution in [3.8, 4) is 0 Å². The first-order valence-corrected chi connectivity index (χ1v) is 9.40. The lowest BCUT2D eigenvalue weighted by Gasteiger charge is -2.37. The van der Waals surface area contributed by atoms with Gasteiger partial charge >= 0.3 is 0 Å². The predicted octanol–water partition coefficient (Wildman–Crippen LogP) is 1.62. The van der Waals surface area contributed by atoms with Crippen LogP contribution < -0.4 is 10.7 Å². The van der Waals surface area contributed by atoms with Gasteiger partial charge in [0.1, 0.15) is 0 Å². The smallest absolute Gasteiger partial charge is 0.189 e. The summed E-state index contributed by atoms with van der Waals surface area (Å²) in [7, 11) is 0. The lowest BCUT2D eigenvalue weighted by Crippen LogP contribution is -2.50. The molecule has 5 nitrogen and oxygen atoms in total. The summed E-state index contributed by atoms with van der Waals surface area (Å²) in [6, 6.07) is 6.62. The minimum atomic E-state index is 0.131. The maximum Gasteiger partial charge on any atom is 0.189 e. The zero-order valence-corrected chi connectivity index (χ0v) is 15.3. The van der Waals surface area contributed by atoms with E-state index in [1.54, 1.807) is 6.07 Å². The number of H-pyrrole nitrogens is 1. The maximum absolute atomic E-state index is 12.5. The van der Waals surface area contributed by atoms with E-state index in [4.69, 9.17) is 0 Å². The lowest BCUT2D eigenvalue weighted by atomic mass is 10.1. The average molecular weight is 340 g/mol. The third kappa shape index (κ3) is 3.50. The minimum absolute atomic E-state index is 0.131. The second-order valence-corrected chi connectivity index (χ2v) is 7.62. The summed E-state index contributed by atoms with van der Waals surface area (Å²) >= 11 is 0. The van der Waals surface area contributed by atoms with E-state index in [0.717, 1.165) is 73.5 Å². The highest BCUT2D eigenvalue weighted by molar-refractivity contribution is 5.82. The zero-order chi connectivity index (χ0) is 17.4. The molecule has 1 atom stereocenters. The lowest BCUT2D eigenvalue weighted by molar-refractivity contribution is 0.0974. The molecule has 3 heterocycles. The highest BCUT2D eigenvalue weighted by atomic mass is 16.1. The number of fused-ring (bicyclic) bond motifs is 1. The predicted molar refractivity (Wildman–Crippen MR) is 102 cm³/mol. The normalized spacial score (nSPS) is 22.7. The topological polar surface area (TPSA) is 51.4 Å². The zero-order valence-electron chi connectivity index (χ0n) is 15.3. The molecule has 1 aromatic carbocycles. The van der Waals surface area contributed by atoms with Crippen LogP contribution in [0.25, 0.3) is 10.9 Å². The van der Waals surface area contributed by atoms with Crippen molar-refractivity contribution in [3.63, 3.8) is 0 Å². The Morgan fingerprint density at radius 3 is 2.64 bits per heavy atom. The van der Waals surface area contributed by atoms with Crippen molar-refractivity contribution < 1.29 is 0 Å². The molecular weight excluding hydrogens is 312 g/mol. The van der Waals surface area contributed by atoms with Gasteiger partial charge < -0.3 is 10.3 Å². The average Bonchev–Trinajstić information content (AvgIpc) is 3.11. The molecule has 0 saturated carbocycles. The number of pyridine rings is 1. The van der Waals surface area contributed by atoms with Gasteiger partial charge in [0.05, 0.1) is 5.52 Å². The number of aromatic amines is 1. The van der Waals surface area contributed by atoms with E-state index in [1.807, 2.05) is 13.0 Å². The Balaban J connectivity index is 1.47. The van der Waals surface area contributed by atoms with E-state index in [2.05, 4.69) is 33.1 Å². The molecule has 0 radical (unpaired) electrons. The molecule has 134 valence electrons. The van der Waals surface area contributed by atoms with Gasteiger partial charge in [-0.3, -0.25) is 14.6 Å². The van der Waals surface area contributed by atoms with Gasteiger partial charge in [0.25, 0.3) is 0 Å². The number of aryl methyl sites for hydroxylation is 2. The number of aromatic nitrogens is 1. The highest BCUT2D eigenvalue weighted by Crippen LogP contribution is 2.18. The van der Waals surface area contributed by atoms with E-state index in [0.29, 0.717) is 6.04 Å². The Morgan fingerprint density at radius 1 is 1.12 bits per heavy atom. The molecule has 1 aromatic heterocycles. The first-order valence-electron chi connectivity index (χ1n) is 9.40. The van der Waals surface area contributed by atoms with Crippen molar-refractivity contribution >= 4 is 10.9 Å². The molecule has 4 rings (SSSR count). The Kier molecular flexibility index (Phi) is 4.63. The van der Waals surface area contributed by atoms with Crippen LogP contribution in [0.3, 0.4) is 0 Å². The minimum Gasteiger partial charge on any atom is -0.357 e. The molecule has 2 N–H and O–H groups in total. The summed E-state index contributed by atoms with van der Waals surface area (Å²) in [5, 5.41) is 4.26. The first kappa shape index (κ1) is 16.8. The fourth-order valence-corrected chi connectivity index (χ4v) is 4.32. The van der Waals surface area contributed by atoms with E-state index in [-0.39, 0.29) is 5.43 Å². The van der Waals surface area contributed by atoms with E-state index in [9.17, 15) is 4.79 Å². The van der Waals surface area contributed by atoms with Gasteiger partial charge in [0.15, 0.2) is 5.43 Å². The number of hydrogen-bond acceptors (Lipinski definition) is 4. The molecule has 2 aromatic rings. The van der Waals surface area contributed by atoms with Crippen LogP contribution in [0.5, 0.6) is 0 Å². The summed E-state index contributed by atoms with van der Waals surface area (Å²) in [6.07, 6.45) is 1.27. The summed E-state index contributed by atoms with van der Waals surface area (Å²) in [5.74, 6) is 0. The van der Waals surface area contributed by atoms with Crippen LogP contribution in [-0.4, -0.2) is 60.1 Å². The van der Waals surface area contributed by atoms with Crippen LogP contribution in [0.4, 0.5) is 0 Å². The fraction of sp³-hybridized carbons (Fsp3) is 0.550. The molecule has 0 spiro atoms. The largest absolute Gasteiger partial charge is 0.357 e. The molecule has 0 unspecified atom stereocenters. The summed E-state index contributed by atoms with van der Waals surface area (Å²) < 4.78 is 0. The second-order valence-electron chi connectivity index (χ2n) is 7.62. The molecule has 2 fully saturated rings. The van der Waals surface area contributed by atoms with Crippen molar-refractivity contribution in [1.82, 2.24) is 20.1 Å². The third-order valence-corrected chi connectivity index (χ3v) is 5.69. The van der Waals surface area contributed by atoms with Gasteiger partial charge in [0, 0.05) is 62.5 Å². The highest BCUT2D eigenvalue weighted by Gasteiger charge is 2.26. The Bertz CT molecular complexity index is 814. The molecule has 0 aliphatic carbocycles. The molecule has 5 heteroatoms. The second kappa shape index (κ2) is 6.90.